The lowest BCUT2D eigenvalue weighted by atomic mass is 10.1. The number of benzene rings is 2. The summed E-state index contributed by atoms with van der Waals surface area (Å²) in [7, 11) is 0. The fourth-order valence-corrected chi connectivity index (χ4v) is 3.29. The van der Waals surface area contributed by atoms with Crippen LogP contribution >= 0.6 is 11.6 Å². The molecule has 5 nitrogen and oxygen atoms in total. The highest BCUT2D eigenvalue weighted by Gasteiger charge is 2.30. The minimum atomic E-state index is -0.538. The van der Waals surface area contributed by atoms with E-state index in [-0.39, 0.29) is 17.9 Å². The molecule has 0 aromatic heterocycles. The van der Waals surface area contributed by atoms with Crippen LogP contribution in [0.25, 0.3) is 0 Å². The van der Waals surface area contributed by atoms with Gasteiger partial charge in [-0.05, 0) is 50.6 Å². The first-order valence-corrected chi connectivity index (χ1v) is 9.44. The average Bonchev–Trinajstić information content (AvgIpc) is 2.78. The molecular formula is C21H23ClN2O3. The number of hydrogen-bond acceptors (Lipinski definition) is 3. The second-order valence-electron chi connectivity index (χ2n) is 6.74. The normalized spacial score (nSPS) is 17.6. The Balaban J connectivity index is 1.87. The Hall–Kier alpha value is -2.53. The second kappa shape index (κ2) is 8.01. The predicted octanol–water partition coefficient (Wildman–Crippen LogP) is 4.50. The lowest BCUT2D eigenvalue weighted by Crippen LogP contribution is -2.42. The van der Waals surface area contributed by atoms with Gasteiger partial charge in [0, 0.05) is 23.8 Å². The van der Waals surface area contributed by atoms with Crippen LogP contribution in [0.4, 0.5) is 5.69 Å². The van der Waals surface area contributed by atoms with Gasteiger partial charge < -0.3 is 15.0 Å². The van der Waals surface area contributed by atoms with Crippen molar-refractivity contribution in [2.24, 2.45) is 0 Å². The van der Waals surface area contributed by atoms with Gasteiger partial charge in [-0.1, -0.05) is 30.7 Å². The molecule has 1 aliphatic rings. The molecule has 0 spiro atoms. The van der Waals surface area contributed by atoms with Crippen molar-refractivity contribution in [3.05, 3.63) is 58.6 Å². The first kappa shape index (κ1) is 19.2. The molecular weight excluding hydrogens is 364 g/mol. The van der Waals surface area contributed by atoms with Gasteiger partial charge in [-0.25, -0.2) is 0 Å². The molecule has 1 heterocycles. The molecule has 0 saturated heterocycles. The topological polar surface area (TPSA) is 58.6 Å². The largest absolute Gasteiger partial charge is 0.481 e. The Morgan fingerprint density at radius 3 is 2.78 bits per heavy atom. The van der Waals surface area contributed by atoms with Crippen LogP contribution in [0.3, 0.4) is 0 Å². The molecule has 0 aliphatic carbocycles. The Labute approximate surface area is 164 Å². The Morgan fingerprint density at radius 2 is 2.07 bits per heavy atom. The van der Waals surface area contributed by atoms with Gasteiger partial charge in [0.1, 0.15) is 5.75 Å². The lowest BCUT2D eigenvalue weighted by molar-refractivity contribution is -0.139. The number of fused-ring (bicyclic) bond motifs is 1. The molecule has 0 fully saturated rings. The van der Waals surface area contributed by atoms with Crippen LogP contribution in [-0.4, -0.2) is 28.9 Å². The van der Waals surface area contributed by atoms with Gasteiger partial charge in [0.05, 0.1) is 10.6 Å². The first-order chi connectivity index (χ1) is 12.9. The zero-order valence-corrected chi connectivity index (χ0v) is 16.4. The zero-order valence-electron chi connectivity index (χ0n) is 15.7. The van der Waals surface area contributed by atoms with Gasteiger partial charge in [0.25, 0.3) is 11.8 Å². The van der Waals surface area contributed by atoms with Crippen LogP contribution in [0, 0.1) is 0 Å². The van der Waals surface area contributed by atoms with Gasteiger partial charge in [0.15, 0.2) is 6.10 Å². The Morgan fingerprint density at radius 1 is 1.33 bits per heavy atom. The van der Waals surface area contributed by atoms with E-state index >= 15 is 0 Å². The summed E-state index contributed by atoms with van der Waals surface area (Å²) < 4.78 is 5.83. The number of halogens is 1. The summed E-state index contributed by atoms with van der Waals surface area (Å²) in [6.07, 6.45) is 0.320. The smallest absolute Gasteiger partial charge is 0.263 e. The van der Waals surface area contributed by atoms with Crippen LogP contribution < -0.4 is 10.1 Å². The minimum absolute atomic E-state index is 0.0257. The van der Waals surface area contributed by atoms with Crippen LogP contribution in [0.1, 0.15) is 43.1 Å². The summed E-state index contributed by atoms with van der Waals surface area (Å²) in [5.41, 5.74) is 1.91. The number of carbonyl (C=O) groups is 2. The number of ether oxygens (including phenoxy) is 1. The number of nitrogens with one attached hydrogen (secondary N) is 1. The van der Waals surface area contributed by atoms with Gasteiger partial charge in [-0.3, -0.25) is 9.59 Å². The van der Waals surface area contributed by atoms with E-state index in [1.807, 2.05) is 17.9 Å². The maximum atomic E-state index is 12.6. The van der Waals surface area contributed by atoms with Crippen LogP contribution in [0.15, 0.2) is 42.5 Å². The van der Waals surface area contributed by atoms with Crippen molar-refractivity contribution in [3.63, 3.8) is 0 Å². The maximum Gasteiger partial charge on any atom is 0.263 e. The molecule has 1 aliphatic heterocycles. The Kier molecular flexibility index (Phi) is 5.71. The summed E-state index contributed by atoms with van der Waals surface area (Å²) in [4.78, 5) is 26.9. The maximum absolute atomic E-state index is 12.6. The molecule has 2 aromatic rings. The molecule has 3 rings (SSSR count). The van der Waals surface area contributed by atoms with Crippen molar-refractivity contribution in [2.75, 3.05) is 5.32 Å². The molecule has 2 atom stereocenters. The van der Waals surface area contributed by atoms with Crippen molar-refractivity contribution in [1.82, 2.24) is 4.90 Å². The van der Waals surface area contributed by atoms with Gasteiger partial charge in [-0.15, -0.1) is 0 Å². The molecule has 2 amide bonds. The number of nitrogens with zero attached hydrogens (tertiary/aromatic N) is 1. The summed E-state index contributed by atoms with van der Waals surface area (Å²) in [5.74, 6) is 0.359. The van der Waals surface area contributed by atoms with E-state index in [4.69, 9.17) is 16.3 Å². The molecule has 2 aromatic carbocycles. The second-order valence-corrected chi connectivity index (χ2v) is 7.15. The van der Waals surface area contributed by atoms with E-state index < -0.39 is 6.10 Å². The zero-order chi connectivity index (χ0) is 19.6. The third kappa shape index (κ3) is 4.08. The highest BCUT2D eigenvalue weighted by Crippen LogP contribution is 2.30. The van der Waals surface area contributed by atoms with Gasteiger partial charge >= 0.3 is 0 Å². The van der Waals surface area contributed by atoms with Crippen LogP contribution in [0.2, 0.25) is 5.02 Å². The molecule has 1 N–H and O–H groups in total. The van der Waals surface area contributed by atoms with Crippen molar-refractivity contribution in [2.45, 2.75) is 45.9 Å². The quantitative estimate of drug-likeness (QED) is 0.841. The SMILES string of the molecule is CC[C@H](C)N1Cc2cc(NC(=O)c3ccccc3Cl)ccc2O[C@H](C)C1=O. The average molecular weight is 387 g/mol. The fraction of sp³-hybridized carbons (Fsp3) is 0.333. The number of carbonyl (C=O) groups excluding carboxylic acids is 2. The summed E-state index contributed by atoms with van der Waals surface area (Å²) >= 11 is 6.10. The van der Waals surface area contributed by atoms with Crippen LogP contribution in [0.5, 0.6) is 5.75 Å². The van der Waals surface area contributed by atoms with Crippen molar-refractivity contribution >= 4 is 29.1 Å². The summed E-state index contributed by atoms with van der Waals surface area (Å²) in [5, 5.41) is 3.27. The van der Waals surface area contributed by atoms with E-state index in [1.54, 1.807) is 43.3 Å². The molecule has 0 radical (unpaired) electrons. The molecule has 0 bridgehead atoms. The van der Waals surface area contributed by atoms with E-state index in [1.165, 1.54) is 0 Å². The fourth-order valence-electron chi connectivity index (χ4n) is 3.07. The number of anilines is 1. The first-order valence-electron chi connectivity index (χ1n) is 9.06. The molecule has 27 heavy (non-hydrogen) atoms. The van der Waals surface area contributed by atoms with Crippen molar-refractivity contribution in [3.8, 4) is 5.75 Å². The standard InChI is InChI=1S/C21H23ClN2O3/c1-4-13(2)24-12-15-11-16(9-10-19(15)27-14(3)21(24)26)23-20(25)17-7-5-6-8-18(17)22/h5-11,13-14H,4,12H2,1-3H3,(H,23,25)/t13-,14+/m0/s1. The Bertz CT molecular complexity index is 868. The molecule has 0 unspecified atom stereocenters. The summed E-state index contributed by atoms with van der Waals surface area (Å²) in [6.45, 7) is 6.29. The van der Waals surface area contributed by atoms with Crippen molar-refractivity contribution < 1.29 is 14.3 Å². The predicted molar refractivity (Wildman–Crippen MR) is 106 cm³/mol. The molecule has 0 saturated carbocycles. The number of hydrogen-bond donors (Lipinski definition) is 1. The third-order valence-electron chi connectivity index (χ3n) is 4.83. The highest BCUT2D eigenvalue weighted by atomic mass is 35.5. The van der Waals surface area contributed by atoms with E-state index in [0.717, 1.165) is 12.0 Å². The number of amides is 2. The van der Waals surface area contributed by atoms with E-state index in [0.29, 0.717) is 28.6 Å². The van der Waals surface area contributed by atoms with E-state index in [9.17, 15) is 9.59 Å². The number of rotatable bonds is 4. The molecule has 6 heteroatoms. The molecule has 142 valence electrons. The van der Waals surface area contributed by atoms with E-state index in [2.05, 4.69) is 12.2 Å². The monoisotopic (exact) mass is 386 g/mol. The van der Waals surface area contributed by atoms with Crippen LogP contribution in [-0.2, 0) is 11.3 Å². The minimum Gasteiger partial charge on any atom is -0.481 e. The van der Waals surface area contributed by atoms with Gasteiger partial charge in [0.2, 0.25) is 0 Å². The highest BCUT2D eigenvalue weighted by molar-refractivity contribution is 6.34. The van der Waals surface area contributed by atoms with Gasteiger partial charge in [-0.2, -0.15) is 0 Å². The summed E-state index contributed by atoms with van der Waals surface area (Å²) in [6, 6.07) is 12.4. The lowest BCUT2D eigenvalue weighted by Gasteiger charge is -2.28. The van der Waals surface area contributed by atoms with Crippen molar-refractivity contribution in [1.29, 1.82) is 0 Å². The third-order valence-corrected chi connectivity index (χ3v) is 5.16.